The van der Waals surface area contributed by atoms with Gasteiger partial charge >= 0.3 is 0 Å². The summed E-state index contributed by atoms with van der Waals surface area (Å²) in [7, 11) is 0. The molecule has 3 nitrogen and oxygen atoms in total. The lowest BCUT2D eigenvalue weighted by molar-refractivity contribution is 0.103. The summed E-state index contributed by atoms with van der Waals surface area (Å²) in [6, 6.07) is 22.2. The molecule has 0 aliphatic rings. The summed E-state index contributed by atoms with van der Waals surface area (Å²) in [4.78, 5) is 12.7. The second-order valence-electron chi connectivity index (χ2n) is 7.17. The van der Waals surface area contributed by atoms with E-state index in [0.29, 0.717) is 11.3 Å². The summed E-state index contributed by atoms with van der Waals surface area (Å²) >= 11 is 0. The maximum Gasteiger partial charge on any atom is 0.196 e. The van der Waals surface area contributed by atoms with Gasteiger partial charge in [-0.05, 0) is 44.0 Å². The van der Waals surface area contributed by atoms with Crippen molar-refractivity contribution < 1.29 is 14.6 Å². The second-order valence-corrected chi connectivity index (χ2v) is 7.17. The standard InChI is InChI=1S/C23H22O3/c1-23(2,3)26-19-13-14-20(21(24)15-19)22(25)18-11-9-17(10-12-18)16-7-5-4-6-8-16/h4-15,24H,1-3H3. The molecule has 0 saturated carbocycles. The third-order valence-electron chi connectivity index (χ3n) is 3.89. The monoisotopic (exact) mass is 346 g/mol. The summed E-state index contributed by atoms with van der Waals surface area (Å²) in [6.45, 7) is 5.78. The first kappa shape index (κ1) is 17.7. The van der Waals surface area contributed by atoms with Crippen molar-refractivity contribution in [1.82, 2.24) is 0 Å². The smallest absolute Gasteiger partial charge is 0.196 e. The number of carbonyl (C=O) groups excluding carboxylic acids is 1. The minimum absolute atomic E-state index is 0.0797. The van der Waals surface area contributed by atoms with Crippen LogP contribution in [0.5, 0.6) is 11.5 Å². The van der Waals surface area contributed by atoms with E-state index in [1.165, 1.54) is 6.07 Å². The summed E-state index contributed by atoms with van der Waals surface area (Å²) in [5, 5.41) is 10.3. The predicted molar refractivity (Wildman–Crippen MR) is 104 cm³/mol. The Morgan fingerprint density at radius 1 is 0.846 bits per heavy atom. The molecule has 0 unspecified atom stereocenters. The molecule has 3 aromatic carbocycles. The highest BCUT2D eigenvalue weighted by Crippen LogP contribution is 2.28. The molecule has 3 rings (SSSR count). The van der Waals surface area contributed by atoms with Crippen LogP contribution in [-0.2, 0) is 0 Å². The summed E-state index contributed by atoms with van der Waals surface area (Å²) in [5.41, 5.74) is 2.56. The van der Waals surface area contributed by atoms with Gasteiger partial charge in [0, 0.05) is 11.6 Å². The van der Waals surface area contributed by atoms with Gasteiger partial charge in [0.25, 0.3) is 0 Å². The molecule has 0 bridgehead atoms. The molecule has 0 aliphatic carbocycles. The van der Waals surface area contributed by atoms with Gasteiger partial charge in [0.05, 0.1) is 5.56 Å². The Kier molecular flexibility index (Phi) is 4.81. The number of ether oxygens (including phenoxy) is 1. The average Bonchev–Trinajstić information content (AvgIpc) is 2.61. The highest BCUT2D eigenvalue weighted by Gasteiger charge is 2.17. The number of rotatable bonds is 4. The van der Waals surface area contributed by atoms with Crippen LogP contribution < -0.4 is 4.74 Å². The number of phenolic OH excluding ortho intramolecular Hbond substituents is 1. The van der Waals surface area contributed by atoms with Gasteiger partial charge in [-0.1, -0.05) is 54.6 Å². The molecule has 0 radical (unpaired) electrons. The van der Waals surface area contributed by atoms with E-state index in [4.69, 9.17) is 4.74 Å². The highest BCUT2D eigenvalue weighted by molar-refractivity contribution is 6.10. The topological polar surface area (TPSA) is 46.5 Å². The predicted octanol–water partition coefficient (Wildman–Crippen LogP) is 5.47. The maximum atomic E-state index is 12.7. The molecular weight excluding hydrogens is 324 g/mol. The van der Waals surface area contributed by atoms with Crippen LogP contribution in [0.2, 0.25) is 0 Å². The van der Waals surface area contributed by atoms with Gasteiger partial charge in [0.15, 0.2) is 5.78 Å². The molecule has 0 heterocycles. The quantitative estimate of drug-likeness (QED) is 0.637. The van der Waals surface area contributed by atoms with Crippen LogP contribution in [0.4, 0.5) is 0 Å². The number of aromatic hydroxyl groups is 1. The Hall–Kier alpha value is -3.07. The first-order valence-electron chi connectivity index (χ1n) is 8.56. The van der Waals surface area contributed by atoms with E-state index in [0.717, 1.165) is 11.1 Å². The van der Waals surface area contributed by atoms with Crippen molar-refractivity contribution >= 4 is 5.78 Å². The van der Waals surface area contributed by atoms with Gasteiger partial charge in [-0.25, -0.2) is 0 Å². The molecule has 3 heteroatoms. The second kappa shape index (κ2) is 7.04. The van der Waals surface area contributed by atoms with E-state index in [-0.39, 0.29) is 22.7 Å². The Balaban J connectivity index is 1.83. The Morgan fingerprint density at radius 2 is 1.46 bits per heavy atom. The third-order valence-corrected chi connectivity index (χ3v) is 3.89. The van der Waals surface area contributed by atoms with Crippen molar-refractivity contribution in [3.8, 4) is 22.6 Å². The molecule has 0 aromatic heterocycles. The maximum absolute atomic E-state index is 12.7. The van der Waals surface area contributed by atoms with E-state index in [1.54, 1.807) is 24.3 Å². The van der Waals surface area contributed by atoms with Crippen molar-refractivity contribution in [3.05, 3.63) is 83.9 Å². The first-order valence-corrected chi connectivity index (χ1v) is 8.56. The van der Waals surface area contributed by atoms with Crippen LogP contribution in [0.25, 0.3) is 11.1 Å². The SMILES string of the molecule is CC(C)(C)Oc1ccc(C(=O)c2ccc(-c3ccccc3)cc2)c(O)c1. The van der Waals surface area contributed by atoms with Crippen molar-refractivity contribution in [1.29, 1.82) is 0 Å². The number of carbonyl (C=O) groups is 1. The first-order chi connectivity index (χ1) is 12.3. The summed E-state index contributed by atoms with van der Waals surface area (Å²) in [6.07, 6.45) is 0. The molecule has 0 atom stereocenters. The molecule has 0 fully saturated rings. The molecule has 0 spiro atoms. The van der Waals surface area contributed by atoms with E-state index < -0.39 is 0 Å². The van der Waals surface area contributed by atoms with Crippen molar-refractivity contribution in [2.24, 2.45) is 0 Å². The van der Waals surface area contributed by atoms with Crippen molar-refractivity contribution in [2.45, 2.75) is 26.4 Å². The van der Waals surface area contributed by atoms with Gasteiger partial charge in [0.2, 0.25) is 0 Å². The van der Waals surface area contributed by atoms with Gasteiger partial charge in [-0.15, -0.1) is 0 Å². The van der Waals surface area contributed by atoms with Crippen molar-refractivity contribution in [3.63, 3.8) is 0 Å². The molecule has 0 amide bonds. The normalized spacial score (nSPS) is 11.2. The minimum Gasteiger partial charge on any atom is -0.507 e. The number of hydrogen-bond donors (Lipinski definition) is 1. The summed E-state index contributed by atoms with van der Waals surface area (Å²) in [5.74, 6) is 0.235. The zero-order valence-corrected chi connectivity index (χ0v) is 15.2. The Labute approximate surface area is 153 Å². The van der Waals surface area contributed by atoms with E-state index in [9.17, 15) is 9.90 Å². The van der Waals surface area contributed by atoms with Crippen LogP contribution in [-0.4, -0.2) is 16.5 Å². The molecule has 3 aromatic rings. The Bertz CT molecular complexity index is 904. The fourth-order valence-electron chi connectivity index (χ4n) is 2.72. The van der Waals surface area contributed by atoms with E-state index in [1.807, 2.05) is 63.2 Å². The number of ketones is 1. The Morgan fingerprint density at radius 3 is 2.04 bits per heavy atom. The number of hydrogen-bond acceptors (Lipinski definition) is 3. The molecule has 132 valence electrons. The zero-order chi connectivity index (χ0) is 18.7. The van der Waals surface area contributed by atoms with Crippen LogP contribution in [0, 0.1) is 0 Å². The number of benzene rings is 3. The van der Waals surface area contributed by atoms with Crippen molar-refractivity contribution in [2.75, 3.05) is 0 Å². The molecule has 0 saturated heterocycles. The van der Waals surface area contributed by atoms with Crippen LogP contribution in [0.1, 0.15) is 36.7 Å². The van der Waals surface area contributed by atoms with Gasteiger partial charge < -0.3 is 9.84 Å². The fourth-order valence-corrected chi connectivity index (χ4v) is 2.72. The molecule has 1 N–H and O–H groups in total. The average molecular weight is 346 g/mol. The third kappa shape index (κ3) is 4.12. The molecule has 26 heavy (non-hydrogen) atoms. The van der Waals surface area contributed by atoms with E-state index in [2.05, 4.69) is 0 Å². The van der Waals surface area contributed by atoms with Gasteiger partial charge in [-0.3, -0.25) is 4.79 Å². The molecular formula is C23H22O3. The van der Waals surface area contributed by atoms with Crippen LogP contribution in [0.15, 0.2) is 72.8 Å². The van der Waals surface area contributed by atoms with E-state index >= 15 is 0 Å². The highest BCUT2D eigenvalue weighted by atomic mass is 16.5. The lowest BCUT2D eigenvalue weighted by Gasteiger charge is -2.21. The zero-order valence-electron chi connectivity index (χ0n) is 15.2. The minimum atomic E-state index is -0.370. The summed E-state index contributed by atoms with van der Waals surface area (Å²) < 4.78 is 5.72. The van der Waals surface area contributed by atoms with Crippen LogP contribution in [0.3, 0.4) is 0 Å². The number of phenols is 1. The largest absolute Gasteiger partial charge is 0.507 e. The van der Waals surface area contributed by atoms with Gasteiger partial charge in [-0.2, -0.15) is 0 Å². The molecule has 0 aliphatic heterocycles. The van der Waals surface area contributed by atoms with Crippen LogP contribution >= 0.6 is 0 Å². The lowest BCUT2D eigenvalue weighted by Crippen LogP contribution is -2.22. The van der Waals surface area contributed by atoms with Gasteiger partial charge in [0.1, 0.15) is 17.1 Å². The fraction of sp³-hybridized carbons (Fsp3) is 0.174. The lowest BCUT2D eigenvalue weighted by atomic mass is 9.99.